The van der Waals surface area contributed by atoms with Crippen molar-refractivity contribution in [2.75, 3.05) is 6.54 Å². The molecule has 0 aromatic heterocycles. The molecular weight excluding hydrogens is 383 g/mol. The lowest BCUT2D eigenvalue weighted by Crippen LogP contribution is -2.23. The van der Waals surface area contributed by atoms with E-state index in [1.807, 2.05) is 6.92 Å². The minimum Gasteiger partial charge on any atom is -0.306 e. The zero-order valence-corrected chi connectivity index (χ0v) is 14.2. The highest BCUT2D eigenvalue weighted by Gasteiger charge is 2.23. The second-order valence-corrected chi connectivity index (χ2v) is 6.01. The molecule has 2 rings (SSSR count). The molecule has 1 unspecified atom stereocenters. The summed E-state index contributed by atoms with van der Waals surface area (Å²) in [4.78, 5) is 0. The van der Waals surface area contributed by atoms with Gasteiger partial charge in [0, 0.05) is 10.0 Å². The highest BCUT2D eigenvalue weighted by Crippen LogP contribution is 2.35. The van der Waals surface area contributed by atoms with Crippen LogP contribution in [0.25, 0.3) is 0 Å². The molecule has 6 heteroatoms. The van der Waals surface area contributed by atoms with E-state index in [9.17, 15) is 8.78 Å². The smallest absolute Gasteiger partial charge is 0.148 e. The summed E-state index contributed by atoms with van der Waals surface area (Å²) < 4.78 is 28.5. The topological polar surface area (TPSA) is 12.0 Å². The van der Waals surface area contributed by atoms with Crippen LogP contribution in [0, 0.1) is 11.6 Å². The molecule has 1 N–H and O–H groups in total. The highest BCUT2D eigenvalue weighted by molar-refractivity contribution is 9.10. The zero-order chi connectivity index (χ0) is 15.6. The van der Waals surface area contributed by atoms with Crippen LogP contribution >= 0.6 is 39.1 Å². The van der Waals surface area contributed by atoms with Gasteiger partial charge in [-0.25, -0.2) is 8.78 Å². The normalized spacial score (nSPS) is 12.5. The number of rotatable bonds is 4. The molecule has 112 valence electrons. The standard InChI is InChI=1S/C15H12BrCl2F2N/c1-2-21-15(8-4-3-5-11(19)12(8)17)9-6-7-10(16)13(18)14(9)20/h3-7,15,21H,2H2,1H3. The minimum absolute atomic E-state index is 0.0112. The first-order valence-corrected chi connectivity index (χ1v) is 7.83. The second kappa shape index (κ2) is 7.05. The van der Waals surface area contributed by atoms with E-state index in [0.717, 1.165) is 0 Å². The van der Waals surface area contributed by atoms with E-state index in [1.54, 1.807) is 24.3 Å². The highest BCUT2D eigenvalue weighted by atomic mass is 79.9. The fourth-order valence-electron chi connectivity index (χ4n) is 2.10. The summed E-state index contributed by atoms with van der Waals surface area (Å²) in [6.45, 7) is 2.43. The Morgan fingerprint density at radius 3 is 2.48 bits per heavy atom. The number of hydrogen-bond donors (Lipinski definition) is 1. The molecule has 0 heterocycles. The van der Waals surface area contributed by atoms with E-state index < -0.39 is 17.7 Å². The van der Waals surface area contributed by atoms with Crippen LogP contribution in [0.4, 0.5) is 8.78 Å². The summed E-state index contributed by atoms with van der Waals surface area (Å²) in [6.07, 6.45) is 0. The average Bonchev–Trinajstić information content (AvgIpc) is 2.46. The first-order valence-electron chi connectivity index (χ1n) is 6.28. The Kier molecular flexibility index (Phi) is 5.60. The number of nitrogens with one attached hydrogen (secondary N) is 1. The van der Waals surface area contributed by atoms with Crippen molar-refractivity contribution >= 4 is 39.1 Å². The number of halogens is 5. The Morgan fingerprint density at radius 1 is 1.10 bits per heavy atom. The van der Waals surface area contributed by atoms with Gasteiger partial charge in [-0.1, -0.05) is 48.3 Å². The van der Waals surface area contributed by atoms with E-state index >= 15 is 0 Å². The molecule has 0 saturated carbocycles. The quantitative estimate of drug-likeness (QED) is 0.652. The summed E-state index contributed by atoms with van der Waals surface area (Å²) in [7, 11) is 0. The molecule has 2 aromatic rings. The van der Waals surface area contributed by atoms with Gasteiger partial charge in [0.2, 0.25) is 0 Å². The van der Waals surface area contributed by atoms with Gasteiger partial charge in [0.15, 0.2) is 0 Å². The van der Waals surface area contributed by atoms with Gasteiger partial charge >= 0.3 is 0 Å². The van der Waals surface area contributed by atoms with Crippen molar-refractivity contribution in [2.24, 2.45) is 0 Å². The van der Waals surface area contributed by atoms with Gasteiger partial charge in [0.25, 0.3) is 0 Å². The van der Waals surface area contributed by atoms with Crippen LogP contribution in [0.15, 0.2) is 34.8 Å². The van der Waals surface area contributed by atoms with Crippen molar-refractivity contribution in [1.82, 2.24) is 5.32 Å². The Labute approximate surface area is 140 Å². The molecule has 1 atom stereocenters. The van der Waals surface area contributed by atoms with Gasteiger partial charge in [-0.05, 0) is 40.2 Å². The van der Waals surface area contributed by atoms with Gasteiger partial charge < -0.3 is 5.32 Å². The predicted octanol–water partition coefficient (Wildman–Crippen LogP) is 5.73. The molecule has 21 heavy (non-hydrogen) atoms. The molecule has 0 saturated heterocycles. The van der Waals surface area contributed by atoms with Gasteiger partial charge in [-0.3, -0.25) is 0 Å². The summed E-state index contributed by atoms with van der Waals surface area (Å²) in [5.74, 6) is -1.10. The van der Waals surface area contributed by atoms with Gasteiger partial charge in [-0.2, -0.15) is 0 Å². The molecule has 0 spiro atoms. The summed E-state index contributed by atoms with van der Waals surface area (Å²) >= 11 is 15.1. The zero-order valence-electron chi connectivity index (χ0n) is 11.1. The lowest BCUT2D eigenvalue weighted by molar-refractivity contribution is 0.554. The molecular formula is C15H12BrCl2F2N. The van der Waals surface area contributed by atoms with Crippen LogP contribution in [0.2, 0.25) is 10.0 Å². The molecule has 1 nitrogen and oxygen atoms in total. The van der Waals surface area contributed by atoms with E-state index in [-0.39, 0.29) is 10.0 Å². The molecule has 0 amide bonds. The lowest BCUT2D eigenvalue weighted by Gasteiger charge is -2.21. The first-order chi connectivity index (χ1) is 9.97. The maximum absolute atomic E-state index is 14.4. The average molecular weight is 395 g/mol. The van der Waals surface area contributed by atoms with E-state index in [4.69, 9.17) is 23.2 Å². The maximum atomic E-state index is 14.4. The van der Waals surface area contributed by atoms with Crippen molar-refractivity contribution < 1.29 is 8.78 Å². The predicted molar refractivity (Wildman–Crippen MR) is 86.0 cm³/mol. The molecule has 0 radical (unpaired) electrons. The molecule has 0 fully saturated rings. The summed E-state index contributed by atoms with van der Waals surface area (Å²) in [5.41, 5.74) is 0.786. The van der Waals surface area contributed by atoms with Crippen LogP contribution in [0.1, 0.15) is 24.1 Å². The third-order valence-corrected chi connectivity index (χ3v) is 4.73. The summed E-state index contributed by atoms with van der Waals surface area (Å²) in [6, 6.07) is 7.13. The Hall–Kier alpha value is -0.680. The van der Waals surface area contributed by atoms with E-state index in [0.29, 0.717) is 22.1 Å². The second-order valence-electron chi connectivity index (χ2n) is 4.40. The third-order valence-electron chi connectivity index (χ3n) is 3.08. The third kappa shape index (κ3) is 3.39. The molecule has 0 aliphatic carbocycles. The SMILES string of the molecule is CCNC(c1ccc(Br)c(Cl)c1F)c1cccc(F)c1Cl. The van der Waals surface area contributed by atoms with Crippen molar-refractivity contribution in [1.29, 1.82) is 0 Å². The minimum atomic E-state index is -0.580. The molecule has 0 aliphatic heterocycles. The number of benzene rings is 2. The fraction of sp³-hybridized carbons (Fsp3) is 0.200. The lowest BCUT2D eigenvalue weighted by atomic mass is 9.98. The summed E-state index contributed by atoms with van der Waals surface area (Å²) in [5, 5.41) is 3.07. The van der Waals surface area contributed by atoms with Crippen molar-refractivity contribution in [2.45, 2.75) is 13.0 Å². The van der Waals surface area contributed by atoms with Gasteiger partial charge in [-0.15, -0.1) is 0 Å². The molecule has 0 aliphatic rings. The monoisotopic (exact) mass is 393 g/mol. The van der Waals surface area contributed by atoms with Gasteiger partial charge in [0.1, 0.15) is 11.6 Å². The molecule has 2 aromatic carbocycles. The van der Waals surface area contributed by atoms with Crippen LogP contribution < -0.4 is 5.32 Å². The van der Waals surface area contributed by atoms with E-state index in [1.165, 1.54) is 6.07 Å². The van der Waals surface area contributed by atoms with Crippen LogP contribution in [0.5, 0.6) is 0 Å². The Morgan fingerprint density at radius 2 is 1.81 bits per heavy atom. The maximum Gasteiger partial charge on any atom is 0.148 e. The first kappa shape index (κ1) is 16.7. The van der Waals surface area contributed by atoms with Crippen LogP contribution in [-0.2, 0) is 0 Å². The van der Waals surface area contributed by atoms with Crippen molar-refractivity contribution in [3.63, 3.8) is 0 Å². The number of hydrogen-bond acceptors (Lipinski definition) is 1. The Balaban J connectivity index is 2.59. The fourth-order valence-corrected chi connectivity index (χ4v) is 2.81. The van der Waals surface area contributed by atoms with E-state index in [2.05, 4.69) is 21.2 Å². The van der Waals surface area contributed by atoms with Gasteiger partial charge in [0.05, 0.1) is 16.1 Å². The van der Waals surface area contributed by atoms with Crippen molar-refractivity contribution in [3.05, 3.63) is 67.6 Å². The Bertz CT molecular complexity index is 664. The van der Waals surface area contributed by atoms with Crippen LogP contribution in [-0.4, -0.2) is 6.54 Å². The van der Waals surface area contributed by atoms with Crippen LogP contribution in [0.3, 0.4) is 0 Å². The largest absolute Gasteiger partial charge is 0.306 e. The molecule has 0 bridgehead atoms. The van der Waals surface area contributed by atoms with Crippen molar-refractivity contribution in [3.8, 4) is 0 Å².